The van der Waals surface area contributed by atoms with E-state index in [4.69, 9.17) is 4.74 Å². The van der Waals surface area contributed by atoms with Crippen LogP contribution < -0.4 is 10.1 Å². The van der Waals surface area contributed by atoms with Crippen LogP contribution in [0.4, 0.5) is 0 Å². The third-order valence-corrected chi connectivity index (χ3v) is 3.23. The number of ether oxygens (including phenoxy) is 1. The lowest BCUT2D eigenvalue weighted by Crippen LogP contribution is -2.35. The van der Waals surface area contributed by atoms with Crippen LogP contribution in [0.25, 0.3) is 5.69 Å². The second-order valence-corrected chi connectivity index (χ2v) is 5.94. The third kappa shape index (κ3) is 3.20. The lowest BCUT2D eigenvalue weighted by atomic mass is 10.1. The molecule has 20 heavy (non-hydrogen) atoms. The molecule has 0 saturated carbocycles. The molecule has 0 atom stereocenters. The number of benzene rings is 1. The van der Waals surface area contributed by atoms with Gasteiger partial charge in [-0.1, -0.05) is 12.1 Å². The number of hydrogen-bond acceptors (Lipinski definition) is 3. The zero-order valence-corrected chi connectivity index (χ0v) is 12.9. The van der Waals surface area contributed by atoms with E-state index in [9.17, 15) is 0 Å². The first-order valence-corrected chi connectivity index (χ1v) is 6.84. The molecular formula is C16H23N3O. The van der Waals surface area contributed by atoms with Gasteiger partial charge in [0.1, 0.15) is 11.4 Å². The first kappa shape index (κ1) is 14.6. The van der Waals surface area contributed by atoms with Crippen molar-refractivity contribution >= 4 is 0 Å². The van der Waals surface area contributed by atoms with Gasteiger partial charge in [-0.15, -0.1) is 0 Å². The summed E-state index contributed by atoms with van der Waals surface area (Å²) in [6.07, 6.45) is 1.92. The highest BCUT2D eigenvalue weighted by Gasteiger charge is 2.14. The van der Waals surface area contributed by atoms with Gasteiger partial charge in [-0.3, -0.25) is 0 Å². The van der Waals surface area contributed by atoms with E-state index in [0.717, 1.165) is 23.7 Å². The molecule has 4 nitrogen and oxygen atoms in total. The average molecular weight is 273 g/mol. The number of para-hydroxylation sites is 2. The highest BCUT2D eigenvalue weighted by atomic mass is 16.5. The highest BCUT2D eigenvalue weighted by Crippen LogP contribution is 2.24. The van der Waals surface area contributed by atoms with Crippen molar-refractivity contribution in [3.05, 3.63) is 41.7 Å². The van der Waals surface area contributed by atoms with Crippen LogP contribution in [-0.4, -0.2) is 22.4 Å². The molecule has 0 unspecified atom stereocenters. The fraction of sp³-hybridized carbons (Fsp3) is 0.438. The average Bonchev–Trinajstić information content (AvgIpc) is 2.77. The first-order valence-electron chi connectivity index (χ1n) is 6.84. The molecule has 0 aliphatic rings. The zero-order valence-electron chi connectivity index (χ0n) is 12.9. The lowest BCUT2D eigenvalue weighted by Gasteiger charge is -2.20. The number of nitrogens with one attached hydrogen (secondary N) is 1. The van der Waals surface area contributed by atoms with Gasteiger partial charge in [0.15, 0.2) is 0 Å². The van der Waals surface area contributed by atoms with Gasteiger partial charge in [-0.25, -0.2) is 4.68 Å². The Morgan fingerprint density at radius 1 is 1.25 bits per heavy atom. The molecule has 2 rings (SSSR count). The minimum atomic E-state index is 0.0962. The van der Waals surface area contributed by atoms with Crippen molar-refractivity contribution in [2.45, 2.75) is 39.8 Å². The Balaban J connectivity index is 2.29. The third-order valence-electron chi connectivity index (χ3n) is 3.23. The van der Waals surface area contributed by atoms with E-state index in [0.29, 0.717) is 0 Å². The van der Waals surface area contributed by atoms with E-state index < -0.39 is 0 Å². The molecule has 2 aromatic rings. The van der Waals surface area contributed by atoms with Crippen molar-refractivity contribution in [1.29, 1.82) is 0 Å². The van der Waals surface area contributed by atoms with Gasteiger partial charge in [0.25, 0.3) is 0 Å². The number of rotatable bonds is 4. The lowest BCUT2D eigenvalue weighted by molar-refractivity contribution is 0.411. The van der Waals surface area contributed by atoms with Gasteiger partial charge in [0, 0.05) is 23.3 Å². The van der Waals surface area contributed by atoms with Gasteiger partial charge < -0.3 is 10.1 Å². The van der Waals surface area contributed by atoms with Crippen molar-refractivity contribution in [3.63, 3.8) is 0 Å². The quantitative estimate of drug-likeness (QED) is 0.930. The summed E-state index contributed by atoms with van der Waals surface area (Å²) >= 11 is 0. The number of methoxy groups -OCH3 is 1. The van der Waals surface area contributed by atoms with E-state index in [2.05, 4.69) is 38.1 Å². The minimum absolute atomic E-state index is 0.0962. The van der Waals surface area contributed by atoms with Crippen molar-refractivity contribution in [2.75, 3.05) is 7.11 Å². The van der Waals surface area contributed by atoms with Gasteiger partial charge in [0.05, 0.1) is 13.3 Å². The van der Waals surface area contributed by atoms with Crippen molar-refractivity contribution in [2.24, 2.45) is 0 Å². The second kappa shape index (κ2) is 5.67. The Morgan fingerprint density at radius 2 is 1.95 bits per heavy atom. The van der Waals surface area contributed by atoms with E-state index >= 15 is 0 Å². The molecule has 0 saturated heterocycles. The van der Waals surface area contributed by atoms with Gasteiger partial charge in [0.2, 0.25) is 0 Å². The predicted molar refractivity (Wildman–Crippen MR) is 81.4 cm³/mol. The van der Waals surface area contributed by atoms with Crippen LogP contribution in [0, 0.1) is 6.92 Å². The minimum Gasteiger partial charge on any atom is -0.494 e. The Bertz CT molecular complexity index is 582. The molecule has 0 fully saturated rings. The van der Waals surface area contributed by atoms with Crippen LogP contribution in [-0.2, 0) is 6.54 Å². The van der Waals surface area contributed by atoms with E-state index in [-0.39, 0.29) is 5.54 Å². The summed E-state index contributed by atoms with van der Waals surface area (Å²) in [6, 6.07) is 7.92. The molecule has 1 aromatic heterocycles. The SMILES string of the molecule is COc1ccccc1-n1ncc(CNC(C)(C)C)c1C. The fourth-order valence-corrected chi connectivity index (χ4v) is 2.03. The summed E-state index contributed by atoms with van der Waals surface area (Å²) in [5.74, 6) is 0.828. The number of aromatic nitrogens is 2. The fourth-order valence-electron chi connectivity index (χ4n) is 2.03. The van der Waals surface area contributed by atoms with Crippen LogP contribution in [0.3, 0.4) is 0 Å². The summed E-state index contributed by atoms with van der Waals surface area (Å²) in [4.78, 5) is 0. The van der Waals surface area contributed by atoms with E-state index in [1.54, 1.807) is 7.11 Å². The van der Waals surface area contributed by atoms with E-state index in [1.807, 2.05) is 35.1 Å². The summed E-state index contributed by atoms with van der Waals surface area (Å²) in [5, 5.41) is 7.98. The van der Waals surface area contributed by atoms with Crippen LogP contribution in [0.2, 0.25) is 0 Å². The zero-order chi connectivity index (χ0) is 14.8. The Hall–Kier alpha value is -1.81. The molecule has 1 heterocycles. The molecule has 0 aliphatic heterocycles. The molecular weight excluding hydrogens is 250 g/mol. The maximum atomic E-state index is 5.40. The second-order valence-electron chi connectivity index (χ2n) is 5.94. The maximum Gasteiger partial charge on any atom is 0.144 e. The van der Waals surface area contributed by atoms with Crippen LogP contribution in [0.5, 0.6) is 5.75 Å². The Kier molecular flexibility index (Phi) is 4.14. The van der Waals surface area contributed by atoms with Crippen molar-refractivity contribution in [3.8, 4) is 11.4 Å². The predicted octanol–water partition coefficient (Wildman–Crippen LogP) is 3.08. The molecule has 1 aromatic carbocycles. The summed E-state index contributed by atoms with van der Waals surface area (Å²) < 4.78 is 7.33. The Morgan fingerprint density at radius 3 is 2.60 bits per heavy atom. The topological polar surface area (TPSA) is 39.1 Å². The summed E-state index contributed by atoms with van der Waals surface area (Å²) in [6.45, 7) is 9.37. The van der Waals surface area contributed by atoms with Crippen molar-refractivity contribution in [1.82, 2.24) is 15.1 Å². The molecule has 0 aliphatic carbocycles. The molecule has 4 heteroatoms. The molecule has 108 valence electrons. The monoisotopic (exact) mass is 273 g/mol. The first-order chi connectivity index (χ1) is 9.42. The van der Waals surface area contributed by atoms with Gasteiger partial charge in [-0.05, 0) is 39.8 Å². The summed E-state index contributed by atoms with van der Waals surface area (Å²) in [7, 11) is 1.68. The maximum absolute atomic E-state index is 5.40. The van der Waals surface area contributed by atoms with Crippen molar-refractivity contribution < 1.29 is 4.74 Å². The number of hydrogen-bond donors (Lipinski definition) is 1. The molecule has 0 bridgehead atoms. The summed E-state index contributed by atoms with van der Waals surface area (Å²) in [5.41, 5.74) is 3.39. The smallest absolute Gasteiger partial charge is 0.144 e. The van der Waals surface area contributed by atoms with Gasteiger partial charge in [-0.2, -0.15) is 5.10 Å². The molecule has 0 radical (unpaired) electrons. The molecule has 0 spiro atoms. The Labute approximate surface area is 120 Å². The van der Waals surface area contributed by atoms with Crippen LogP contribution in [0.15, 0.2) is 30.5 Å². The van der Waals surface area contributed by atoms with E-state index in [1.165, 1.54) is 5.56 Å². The molecule has 0 amide bonds. The number of nitrogens with zero attached hydrogens (tertiary/aromatic N) is 2. The van der Waals surface area contributed by atoms with Crippen LogP contribution >= 0.6 is 0 Å². The van der Waals surface area contributed by atoms with Crippen LogP contribution in [0.1, 0.15) is 32.0 Å². The van der Waals surface area contributed by atoms with Gasteiger partial charge >= 0.3 is 0 Å². The molecule has 1 N–H and O–H groups in total. The largest absolute Gasteiger partial charge is 0.494 e. The normalized spacial score (nSPS) is 11.7. The standard InChI is InChI=1S/C16H23N3O/c1-12-13(10-17-16(2,3)4)11-18-19(12)14-8-6-7-9-15(14)20-5/h6-9,11,17H,10H2,1-5H3. The highest BCUT2D eigenvalue weighted by molar-refractivity contribution is 5.47.